The van der Waals surface area contributed by atoms with Crippen LogP contribution < -0.4 is 20.7 Å². The summed E-state index contributed by atoms with van der Waals surface area (Å²) in [5, 5.41) is 9.11. The van der Waals surface area contributed by atoms with Gasteiger partial charge in [0.15, 0.2) is 5.96 Å². The van der Waals surface area contributed by atoms with Crippen molar-refractivity contribution in [1.29, 1.82) is 0 Å². The maximum atomic E-state index is 12.0. The molecule has 2 aromatic rings. The van der Waals surface area contributed by atoms with Crippen LogP contribution in [-0.4, -0.2) is 32.6 Å². The van der Waals surface area contributed by atoms with Crippen molar-refractivity contribution in [2.24, 2.45) is 4.99 Å². The molecule has 0 unspecified atom stereocenters. The largest absolute Gasteiger partial charge is 0.497 e. The van der Waals surface area contributed by atoms with Gasteiger partial charge in [0.1, 0.15) is 5.75 Å². The Labute approximate surface area is 154 Å². The molecule has 0 aliphatic carbocycles. The zero-order valence-electron chi connectivity index (χ0n) is 15.5. The summed E-state index contributed by atoms with van der Waals surface area (Å²) in [5.41, 5.74) is 3.42. The smallest absolute Gasteiger partial charge is 0.239 e. The maximum Gasteiger partial charge on any atom is 0.239 e. The van der Waals surface area contributed by atoms with Crippen molar-refractivity contribution in [3.63, 3.8) is 0 Å². The molecule has 3 N–H and O–H groups in total. The first kappa shape index (κ1) is 19.3. The maximum absolute atomic E-state index is 12.0. The third-order valence-corrected chi connectivity index (χ3v) is 4.00. The van der Waals surface area contributed by atoms with Crippen LogP contribution in [-0.2, 0) is 17.9 Å². The number of nitrogens with one attached hydrogen (secondary N) is 3. The fraction of sp³-hybridized carbons (Fsp3) is 0.300. The third kappa shape index (κ3) is 6.12. The van der Waals surface area contributed by atoms with Gasteiger partial charge >= 0.3 is 0 Å². The predicted octanol–water partition coefficient (Wildman–Crippen LogP) is 1.99. The second kappa shape index (κ2) is 10.1. The van der Waals surface area contributed by atoms with Crippen LogP contribution in [0.4, 0.5) is 0 Å². The summed E-state index contributed by atoms with van der Waals surface area (Å²) in [6.45, 7) is 3.35. The van der Waals surface area contributed by atoms with E-state index in [1.165, 1.54) is 11.1 Å². The topological polar surface area (TPSA) is 74.8 Å². The van der Waals surface area contributed by atoms with Crippen molar-refractivity contribution in [1.82, 2.24) is 16.0 Å². The Balaban J connectivity index is 1.73. The van der Waals surface area contributed by atoms with Gasteiger partial charge in [-0.1, -0.05) is 36.4 Å². The zero-order valence-corrected chi connectivity index (χ0v) is 15.5. The normalized spacial score (nSPS) is 11.0. The zero-order chi connectivity index (χ0) is 18.8. The van der Waals surface area contributed by atoms with E-state index in [1.807, 2.05) is 36.4 Å². The van der Waals surface area contributed by atoms with Crippen LogP contribution in [0.3, 0.4) is 0 Å². The van der Waals surface area contributed by atoms with Crippen molar-refractivity contribution in [2.75, 3.05) is 20.7 Å². The number of ether oxygens (including phenoxy) is 1. The summed E-state index contributed by atoms with van der Waals surface area (Å²) in [7, 11) is 3.31. The molecule has 0 radical (unpaired) electrons. The Bertz CT molecular complexity index is 742. The van der Waals surface area contributed by atoms with Crippen molar-refractivity contribution in [3.8, 4) is 5.75 Å². The minimum Gasteiger partial charge on any atom is -0.497 e. The number of guanidine groups is 1. The summed E-state index contributed by atoms with van der Waals surface area (Å²) in [4.78, 5) is 16.1. The van der Waals surface area contributed by atoms with E-state index in [4.69, 9.17) is 4.74 Å². The molecule has 0 bridgehead atoms. The third-order valence-electron chi connectivity index (χ3n) is 4.00. The van der Waals surface area contributed by atoms with Gasteiger partial charge in [0.05, 0.1) is 13.7 Å². The lowest BCUT2D eigenvalue weighted by Gasteiger charge is -2.13. The van der Waals surface area contributed by atoms with E-state index in [0.717, 1.165) is 11.3 Å². The van der Waals surface area contributed by atoms with Crippen LogP contribution in [0.5, 0.6) is 5.75 Å². The van der Waals surface area contributed by atoms with Crippen LogP contribution >= 0.6 is 0 Å². The summed E-state index contributed by atoms with van der Waals surface area (Å²) >= 11 is 0. The number of hydrogen-bond acceptors (Lipinski definition) is 3. The second-order valence-corrected chi connectivity index (χ2v) is 5.83. The number of hydrogen-bond donors (Lipinski definition) is 3. The van der Waals surface area contributed by atoms with Crippen LogP contribution in [0.2, 0.25) is 0 Å². The molecule has 0 atom stereocenters. The average molecular weight is 354 g/mol. The highest BCUT2D eigenvalue weighted by atomic mass is 16.5. The molecule has 0 heterocycles. The molecule has 0 aliphatic rings. The number of rotatable bonds is 7. The van der Waals surface area contributed by atoms with Crippen molar-refractivity contribution >= 4 is 11.9 Å². The van der Waals surface area contributed by atoms with Gasteiger partial charge in [0.2, 0.25) is 5.91 Å². The monoisotopic (exact) mass is 354 g/mol. The average Bonchev–Trinajstić information content (AvgIpc) is 2.68. The van der Waals surface area contributed by atoms with Gasteiger partial charge in [-0.25, -0.2) is 0 Å². The Kier molecular flexibility index (Phi) is 7.49. The molecule has 2 aromatic carbocycles. The van der Waals surface area contributed by atoms with E-state index in [-0.39, 0.29) is 12.5 Å². The highest BCUT2D eigenvalue weighted by Gasteiger charge is 2.05. The van der Waals surface area contributed by atoms with Crippen LogP contribution in [0.1, 0.15) is 16.7 Å². The fourth-order valence-electron chi connectivity index (χ4n) is 2.38. The highest BCUT2D eigenvalue weighted by molar-refractivity contribution is 5.86. The number of nitrogens with zero attached hydrogens (tertiary/aromatic N) is 1. The Morgan fingerprint density at radius 2 is 1.73 bits per heavy atom. The number of carbonyl (C=O) groups is 1. The summed E-state index contributed by atoms with van der Waals surface area (Å²) < 4.78 is 5.12. The molecule has 1 amide bonds. The van der Waals surface area contributed by atoms with E-state index in [9.17, 15) is 4.79 Å². The van der Waals surface area contributed by atoms with Crippen molar-refractivity contribution in [2.45, 2.75) is 20.0 Å². The van der Waals surface area contributed by atoms with E-state index in [1.54, 1.807) is 14.2 Å². The lowest BCUT2D eigenvalue weighted by Crippen LogP contribution is -2.42. The lowest BCUT2D eigenvalue weighted by atomic mass is 10.1. The number of aliphatic imine (C=N–C) groups is 1. The van der Waals surface area contributed by atoms with E-state index in [2.05, 4.69) is 40.0 Å². The molecule has 0 saturated carbocycles. The minimum absolute atomic E-state index is 0.0975. The second-order valence-electron chi connectivity index (χ2n) is 5.83. The van der Waals surface area contributed by atoms with E-state index in [0.29, 0.717) is 19.0 Å². The molecule has 26 heavy (non-hydrogen) atoms. The summed E-state index contributed by atoms with van der Waals surface area (Å²) in [5.74, 6) is 1.29. The number of amides is 1. The number of aryl methyl sites for hydroxylation is 1. The Morgan fingerprint density at radius 3 is 2.38 bits per heavy atom. The number of benzene rings is 2. The van der Waals surface area contributed by atoms with Crippen molar-refractivity contribution < 1.29 is 9.53 Å². The molecule has 0 aliphatic heterocycles. The van der Waals surface area contributed by atoms with Crippen molar-refractivity contribution in [3.05, 3.63) is 65.2 Å². The summed E-state index contributed by atoms with van der Waals surface area (Å²) in [6.07, 6.45) is 0. The van der Waals surface area contributed by atoms with Crippen LogP contribution in [0, 0.1) is 6.92 Å². The van der Waals surface area contributed by atoms with Gasteiger partial charge in [0.25, 0.3) is 0 Å². The quantitative estimate of drug-likeness (QED) is 0.525. The number of methoxy groups -OCH3 is 1. The Morgan fingerprint density at radius 1 is 1.00 bits per heavy atom. The highest BCUT2D eigenvalue weighted by Crippen LogP contribution is 2.10. The van der Waals surface area contributed by atoms with Gasteiger partial charge in [-0.2, -0.15) is 0 Å². The minimum atomic E-state index is -0.0975. The van der Waals surface area contributed by atoms with Gasteiger partial charge < -0.3 is 20.7 Å². The SMILES string of the molecule is CN=C(NCC(=O)NCc1ccc(OC)cc1)NCc1ccccc1C. The molecular formula is C20H26N4O2. The summed E-state index contributed by atoms with van der Waals surface area (Å²) in [6, 6.07) is 15.8. The molecular weight excluding hydrogens is 328 g/mol. The molecule has 6 heteroatoms. The van der Waals surface area contributed by atoms with Gasteiger partial charge in [-0.3, -0.25) is 9.79 Å². The molecule has 0 fully saturated rings. The Hall–Kier alpha value is -3.02. The lowest BCUT2D eigenvalue weighted by molar-refractivity contribution is -0.120. The molecule has 0 spiro atoms. The molecule has 0 saturated heterocycles. The van der Waals surface area contributed by atoms with Gasteiger partial charge in [-0.15, -0.1) is 0 Å². The van der Waals surface area contributed by atoms with Crippen LogP contribution in [0.15, 0.2) is 53.5 Å². The van der Waals surface area contributed by atoms with E-state index < -0.39 is 0 Å². The standard InChI is InChI=1S/C20H26N4O2/c1-15-6-4-5-7-17(15)13-23-20(21-2)24-14-19(25)22-12-16-8-10-18(26-3)11-9-16/h4-11H,12-14H2,1-3H3,(H,22,25)(H2,21,23,24). The first-order valence-electron chi connectivity index (χ1n) is 8.51. The van der Waals surface area contributed by atoms with Crippen LogP contribution in [0.25, 0.3) is 0 Å². The molecule has 6 nitrogen and oxygen atoms in total. The first-order chi connectivity index (χ1) is 12.6. The molecule has 138 valence electrons. The molecule has 0 aromatic heterocycles. The molecule has 2 rings (SSSR count). The van der Waals surface area contributed by atoms with Gasteiger partial charge in [0, 0.05) is 20.1 Å². The fourth-order valence-corrected chi connectivity index (χ4v) is 2.38. The number of carbonyl (C=O) groups excluding carboxylic acids is 1. The van der Waals surface area contributed by atoms with E-state index >= 15 is 0 Å². The first-order valence-corrected chi connectivity index (χ1v) is 8.51. The van der Waals surface area contributed by atoms with Gasteiger partial charge in [-0.05, 0) is 35.7 Å². The predicted molar refractivity (Wildman–Crippen MR) is 104 cm³/mol.